The van der Waals surface area contributed by atoms with Gasteiger partial charge in [0.2, 0.25) is 17.7 Å². The van der Waals surface area contributed by atoms with Crippen LogP contribution in [-0.2, 0) is 40.8 Å². The van der Waals surface area contributed by atoms with E-state index in [1.54, 1.807) is 35.5 Å². The largest absolute Gasteiger partial charge is 0.385 e. The van der Waals surface area contributed by atoms with Crippen LogP contribution in [0.1, 0.15) is 98.1 Å². The summed E-state index contributed by atoms with van der Waals surface area (Å²) in [7, 11) is 3.65. The summed E-state index contributed by atoms with van der Waals surface area (Å²) < 4.78 is 1.50. The Bertz CT molecular complexity index is 2760. The first-order valence-electron chi connectivity index (χ1n) is 22.9. The maximum absolute atomic E-state index is 13.9. The number of carbonyl (C=O) groups is 5. The van der Waals surface area contributed by atoms with Gasteiger partial charge in [-0.05, 0) is 118 Å². The van der Waals surface area contributed by atoms with Gasteiger partial charge in [0.25, 0.3) is 17.4 Å². The number of hydrogen-bond acceptors (Lipinski definition) is 11. The van der Waals surface area contributed by atoms with Crippen LogP contribution in [0.3, 0.4) is 0 Å². The highest BCUT2D eigenvalue weighted by Gasteiger charge is 2.40. The zero-order valence-corrected chi connectivity index (χ0v) is 38.4. The van der Waals surface area contributed by atoms with Crippen molar-refractivity contribution >= 4 is 63.8 Å². The van der Waals surface area contributed by atoms with Crippen LogP contribution in [-0.4, -0.2) is 93.1 Å². The number of nitrogens with one attached hydrogen (secondary N) is 4. The fourth-order valence-corrected chi connectivity index (χ4v) is 10.8. The molecule has 2 saturated heterocycles. The number of carbonyl (C=O) groups excluding carboxylic acids is 5. The standard InChI is InChI=1S/C50H55N9O6S/c1-30-34(12-9-14-37(30)54-47(62)42-27-32-11-5-6-16-41(32)66-42)39-29-57(3)50(65)45(53-39)52-33-19-17-31(18-20-33)44-49(64)58(26-25-56(44)2)24-8-4-7-23-51-38-15-10-13-35-36(38)28-59(48(35)63)40-21-22-43(60)55-46(40)61/h9-10,12-15,17-20,27,29,40,44,51H,4-8,11,16,21-26,28H2,1-3H3,(H,52,53)(H,54,62)(H,55,60,61)/t40?,44-/m1/s1. The van der Waals surface area contributed by atoms with Crippen molar-refractivity contribution in [3.8, 4) is 11.3 Å². The molecule has 0 bridgehead atoms. The first-order chi connectivity index (χ1) is 31.9. The van der Waals surface area contributed by atoms with E-state index in [1.165, 1.54) is 15.0 Å². The quantitative estimate of drug-likeness (QED) is 0.0706. The molecule has 9 rings (SSSR count). The van der Waals surface area contributed by atoms with Gasteiger partial charge in [0.1, 0.15) is 12.1 Å². The van der Waals surface area contributed by atoms with Crippen LogP contribution in [0.2, 0.25) is 0 Å². The van der Waals surface area contributed by atoms with Gasteiger partial charge in [-0.1, -0.05) is 30.3 Å². The number of fused-ring (bicyclic) bond motifs is 2. The third-order valence-corrected chi connectivity index (χ3v) is 14.6. The van der Waals surface area contributed by atoms with Crippen LogP contribution in [0.4, 0.5) is 22.9 Å². The number of piperidine rings is 1. The van der Waals surface area contributed by atoms with E-state index in [1.807, 2.05) is 79.5 Å². The van der Waals surface area contributed by atoms with Crippen molar-refractivity contribution in [2.24, 2.45) is 7.05 Å². The number of aryl methyl sites for hydroxylation is 3. The minimum atomic E-state index is -0.654. The lowest BCUT2D eigenvalue weighted by Crippen LogP contribution is -2.52. The summed E-state index contributed by atoms with van der Waals surface area (Å²) in [6.07, 6.45) is 9.24. The molecule has 2 atom stereocenters. The number of piperazine rings is 1. The van der Waals surface area contributed by atoms with Crippen LogP contribution in [0.5, 0.6) is 0 Å². The van der Waals surface area contributed by atoms with Crippen LogP contribution >= 0.6 is 11.3 Å². The lowest BCUT2D eigenvalue weighted by atomic mass is 9.99. The molecule has 3 aromatic carbocycles. The Balaban J connectivity index is 0.783. The molecule has 2 fully saturated rings. The monoisotopic (exact) mass is 909 g/mol. The lowest BCUT2D eigenvalue weighted by Gasteiger charge is -2.39. The molecule has 3 aliphatic heterocycles. The summed E-state index contributed by atoms with van der Waals surface area (Å²) in [6.45, 7) is 4.98. The van der Waals surface area contributed by atoms with Crippen molar-refractivity contribution in [3.05, 3.63) is 121 Å². The van der Waals surface area contributed by atoms with E-state index in [9.17, 15) is 28.8 Å². The van der Waals surface area contributed by atoms with Crippen molar-refractivity contribution in [1.82, 2.24) is 29.6 Å². The molecule has 1 unspecified atom stereocenters. The van der Waals surface area contributed by atoms with E-state index in [4.69, 9.17) is 4.98 Å². The van der Waals surface area contributed by atoms with Crippen LogP contribution in [0, 0.1) is 6.92 Å². The number of thiophene rings is 1. The Morgan fingerprint density at radius 2 is 1.65 bits per heavy atom. The molecule has 1 aliphatic carbocycles. The number of unbranched alkanes of at least 4 members (excludes halogenated alkanes) is 2. The van der Waals surface area contributed by atoms with Gasteiger partial charge >= 0.3 is 0 Å². The predicted molar refractivity (Wildman–Crippen MR) is 255 cm³/mol. The summed E-state index contributed by atoms with van der Waals surface area (Å²) in [5.74, 6) is -0.833. The lowest BCUT2D eigenvalue weighted by molar-refractivity contribution is -0.141. The highest BCUT2D eigenvalue weighted by atomic mass is 32.1. The minimum Gasteiger partial charge on any atom is -0.385 e. The van der Waals surface area contributed by atoms with Gasteiger partial charge in [0.05, 0.1) is 10.6 Å². The van der Waals surface area contributed by atoms with Gasteiger partial charge in [0, 0.05) is 91.0 Å². The van der Waals surface area contributed by atoms with Gasteiger partial charge in [-0.3, -0.25) is 39.0 Å². The van der Waals surface area contributed by atoms with Gasteiger partial charge < -0.3 is 30.3 Å². The number of likely N-dealkylation sites (N-methyl/N-ethyl adjacent to an activating group) is 1. The van der Waals surface area contributed by atoms with Crippen LogP contribution in [0.25, 0.3) is 11.3 Å². The Labute approximate surface area is 387 Å². The fourth-order valence-electron chi connectivity index (χ4n) is 9.61. The number of benzene rings is 3. The van der Waals surface area contributed by atoms with Crippen molar-refractivity contribution in [1.29, 1.82) is 0 Å². The molecular weight excluding hydrogens is 855 g/mol. The second-order valence-electron chi connectivity index (χ2n) is 17.8. The molecule has 15 nitrogen and oxygen atoms in total. The second kappa shape index (κ2) is 19.1. The first-order valence-corrected chi connectivity index (χ1v) is 23.7. The van der Waals surface area contributed by atoms with Crippen LogP contribution < -0.4 is 26.8 Å². The topological polar surface area (TPSA) is 178 Å². The molecule has 2 aromatic heterocycles. The van der Waals surface area contributed by atoms with Crippen molar-refractivity contribution < 1.29 is 24.0 Å². The van der Waals surface area contributed by atoms with E-state index in [-0.39, 0.29) is 41.4 Å². The molecule has 342 valence electrons. The van der Waals surface area contributed by atoms with Gasteiger partial charge in [-0.2, -0.15) is 0 Å². The number of aromatic nitrogens is 2. The summed E-state index contributed by atoms with van der Waals surface area (Å²) in [5, 5.41) is 12.2. The predicted octanol–water partition coefficient (Wildman–Crippen LogP) is 6.55. The Hall–Kier alpha value is -6.65. The number of anilines is 4. The molecule has 5 aromatic rings. The number of hydrogen-bond donors (Lipinski definition) is 4. The van der Waals surface area contributed by atoms with Crippen molar-refractivity contribution in [2.75, 3.05) is 49.2 Å². The summed E-state index contributed by atoms with van der Waals surface area (Å²) in [4.78, 5) is 90.4. The van der Waals surface area contributed by atoms with Crippen molar-refractivity contribution in [3.63, 3.8) is 0 Å². The average molecular weight is 910 g/mol. The fraction of sp³-hybridized carbons (Fsp3) is 0.380. The average Bonchev–Trinajstić information content (AvgIpc) is 3.90. The third kappa shape index (κ3) is 9.11. The molecule has 0 saturated carbocycles. The Kier molecular flexibility index (Phi) is 12.9. The van der Waals surface area contributed by atoms with Crippen LogP contribution in [0.15, 0.2) is 77.7 Å². The van der Waals surface area contributed by atoms with E-state index in [0.717, 1.165) is 84.3 Å². The molecule has 16 heteroatoms. The molecule has 0 spiro atoms. The summed E-state index contributed by atoms with van der Waals surface area (Å²) in [5.41, 5.74) is 7.73. The van der Waals surface area contributed by atoms with E-state index in [2.05, 4.69) is 26.2 Å². The maximum Gasteiger partial charge on any atom is 0.293 e. The molecule has 5 amide bonds. The Morgan fingerprint density at radius 3 is 2.44 bits per heavy atom. The van der Waals surface area contributed by atoms with E-state index >= 15 is 0 Å². The molecule has 4 aliphatic rings. The molecule has 0 radical (unpaired) electrons. The third-order valence-electron chi connectivity index (χ3n) is 13.3. The van der Waals surface area contributed by atoms with Gasteiger partial charge in [0.15, 0.2) is 5.82 Å². The Morgan fingerprint density at radius 1 is 0.879 bits per heavy atom. The number of rotatable bonds is 14. The number of amides is 5. The summed E-state index contributed by atoms with van der Waals surface area (Å²) >= 11 is 1.58. The molecule has 5 heterocycles. The highest BCUT2D eigenvalue weighted by Crippen LogP contribution is 2.35. The first kappa shape index (κ1) is 44.5. The minimum absolute atomic E-state index is 0.0548. The SMILES string of the molecule is Cc1c(NC(=O)c2cc3c(s2)CCCC3)cccc1-c1cn(C)c(=O)c(Nc2ccc([C@@H]3C(=O)N(CCCCCNc4cccc5c4CN(C4CCC(=O)NC4=O)C5=O)CCN3C)cc2)n1. The smallest absolute Gasteiger partial charge is 0.293 e. The second-order valence-corrected chi connectivity index (χ2v) is 18.9. The molecular formula is C50H55N9O6S. The normalized spacial score (nSPS) is 18.5. The van der Waals surface area contributed by atoms with E-state index < -0.39 is 18.0 Å². The van der Waals surface area contributed by atoms with E-state index in [0.29, 0.717) is 55.2 Å². The molecule has 66 heavy (non-hydrogen) atoms. The van der Waals surface area contributed by atoms with Gasteiger partial charge in [-0.25, -0.2) is 4.98 Å². The zero-order valence-electron chi connectivity index (χ0n) is 37.6. The number of imide groups is 1. The maximum atomic E-state index is 13.9. The highest BCUT2D eigenvalue weighted by molar-refractivity contribution is 7.14. The molecule has 4 N–H and O–H groups in total. The van der Waals surface area contributed by atoms with Crippen molar-refractivity contribution in [2.45, 2.75) is 83.3 Å². The van der Waals surface area contributed by atoms with Gasteiger partial charge in [-0.15, -0.1) is 11.3 Å². The zero-order chi connectivity index (χ0) is 46.1. The number of nitrogens with zero attached hydrogens (tertiary/aromatic N) is 5. The summed E-state index contributed by atoms with van der Waals surface area (Å²) in [6, 6.07) is 19.8.